The van der Waals surface area contributed by atoms with Gasteiger partial charge in [-0.2, -0.15) is 11.3 Å². The molecule has 0 saturated carbocycles. The number of rotatable bonds is 4. The number of amides is 1. The van der Waals surface area contributed by atoms with Crippen molar-refractivity contribution in [1.29, 1.82) is 0 Å². The van der Waals surface area contributed by atoms with E-state index in [1.165, 1.54) is 5.56 Å². The van der Waals surface area contributed by atoms with Crippen LogP contribution < -0.4 is 16.4 Å². The molecule has 5 heteroatoms. The Morgan fingerprint density at radius 2 is 2.16 bits per heavy atom. The highest BCUT2D eigenvalue weighted by Crippen LogP contribution is 2.26. The summed E-state index contributed by atoms with van der Waals surface area (Å²) in [5.41, 5.74) is 9.15. The summed E-state index contributed by atoms with van der Waals surface area (Å²) in [4.78, 5) is 11.6. The maximum absolute atomic E-state index is 11.6. The normalized spacial score (nSPS) is 11.9. The Kier molecular flexibility index (Phi) is 4.06. The molecule has 1 heterocycles. The molecule has 100 valence electrons. The summed E-state index contributed by atoms with van der Waals surface area (Å²) in [6, 6.07) is 7.45. The van der Waals surface area contributed by atoms with Crippen LogP contribution in [-0.4, -0.2) is 13.0 Å². The van der Waals surface area contributed by atoms with Crippen molar-refractivity contribution in [2.24, 2.45) is 0 Å². The predicted octanol–water partition coefficient (Wildman–Crippen LogP) is 2.86. The van der Waals surface area contributed by atoms with Crippen LogP contribution in [-0.2, 0) is 0 Å². The summed E-state index contributed by atoms with van der Waals surface area (Å²) >= 11 is 1.66. The number of hydrogen-bond donors (Lipinski definition) is 3. The average Bonchev–Trinajstić information content (AvgIpc) is 2.94. The number of hydrogen-bond acceptors (Lipinski definition) is 4. The topological polar surface area (TPSA) is 67.2 Å². The van der Waals surface area contributed by atoms with Crippen LogP contribution in [0.4, 0.5) is 11.4 Å². The van der Waals surface area contributed by atoms with E-state index < -0.39 is 0 Å². The van der Waals surface area contributed by atoms with E-state index in [2.05, 4.69) is 29.0 Å². The van der Waals surface area contributed by atoms with Crippen molar-refractivity contribution in [2.75, 3.05) is 18.1 Å². The zero-order valence-electron chi connectivity index (χ0n) is 10.9. The van der Waals surface area contributed by atoms with Crippen LogP contribution in [0.15, 0.2) is 35.0 Å². The highest BCUT2D eigenvalue weighted by atomic mass is 32.1. The fourth-order valence-corrected chi connectivity index (χ4v) is 2.56. The third kappa shape index (κ3) is 3.06. The van der Waals surface area contributed by atoms with Crippen LogP contribution in [0.25, 0.3) is 0 Å². The molecule has 4 N–H and O–H groups in total. The summed E-state index contributed by atoms with van der Waals surface area (Å²) < 4.78 is 0. The molecular weight excluding hydrogens is 258 g/mol. The lowest BCUT2D eigenvalue weighted by Crippen LogP contribution is -2.18. The van der Waals surface area contributed by atoms with Gasteiger partial charge in [-0.05, 0) is 47.5 Å². The van der Waals surface area contributed by atoms with E-state index in [1.54, 1.807) is 36.6 Å². The number of nitrogen functional groups attached to an aromatic ring is 1. The van der Waals surface area contributed by atoms with Gasteiger partial charge in [0.25, 0.3) is 5.91 Å². The molecule has 0 radical (unpaired) electrons. The second kappa shape index (κ2) is 5.75. The van der Waals surface area contributed by atoms with E-state index >= 15 is 0 Å². The molecule has 0 aliphatic rings. The van der Waals surface area contributed by atoms with Crippen molar-refractivity contribution >= 4 is 28.6 Å². The van der Waals surface area contributed by atoms with Crippen molar-refractivity contribution in [3.8, 4) is 0 Å². The molecule has 1 unspecified atom stereocenters. The maximum Gasteiger partial charge on any atom is 0.251 e. The molecule has 2 aromatic rings. The van der Waals surface area contributed by atoms with Crippen molar-refractivity contribution < 1.29 is 4.79 Å². The molecule has 2 rings (SSSR count). The molecule has 0 aliphatic carbocycles. The van der Waals surface area contributed by atoms with E-state index in [1.807, 2.05) is 5.38 Å². The highest BCUT2D eigenvalue weighted by Gasteiger charge is 2.10. The Balaban J connectivity index is 2.22. The van der Waals surface area contributed by atoms with Gasteiger partial charge in [0.05, 0.1) is 11.4 Å². The second-order valence-electron chi connectivity index (χ2n) is 4.30. The summed E-state index contributed by atoms with van der Waals surface area (Å²) in [7, 11) is 1.61. The Morgan fingerprint density at radius 3 is 2.79 bits per heavy atom. The first kappa shape index (κ1) is 13.4. The third-order valence-corrected chi connectivity index (χ3v) is 3.66. The molecular formula is C14H17N3OS. The van der Waals surface area contributed by atoms with Gasteiger partial charge in [0.1, 0.15) is 0 Å². The minimum absolute atomic E-state index is 0.119. The lowest BCUT2D eigenvalue weighted by molar-refractivity contribution is 0.0963. The summed E-state index contributed by atoms with van der Waals surface area (Å²) in [6.45, 7) is 2.06. The lowest BCUT2D eigenvalue weighted by Gasteiger charge is -2.16. The number of thiophene rings is 1. The van der Waals surface area contributed by atoms with E-state index in [9.17, 15) is 4.79 Å². The Hall–Kier alpha value is -2.01. The number of benzene rings is 1. The van der Waals surface area contributed by atoms with Gasteiger partial charge in [0.15, 0.2) is 0 Å². The second-order valence-corrected chi connectivity index (χ2v) is 5.08. The molecule has 1 amide bonds. The summed E-state index contributed by atoms with van der Waals surface area (Å²) in [5, 5.41) is 10.1. The standard InChI is InChI=1S/C14H17N3OS/c1-9(11-5-6-19-8-11)17-13-7-10(14(18)16-2)3-4-12(13)15/h3-9,17H,15H2,1-2H3,(H,16,18). The molecule has 0 spiro atoms. The Morgan fingerprint density at radius 1 is 1.37 bits per heavy atom. The molecule has 1 aromatic carbocycles. The largest absolute Gasteiger partial charge is 0.397 e. The first-order valence-electron chi connectivity index (χ1n) is 6.02. The Bertz CT molecular complexity index is 566. The van der Waals surface area contributed by atoms with Gasteiger partial charge in [-0.1, -0.05) is 0 Å². The van der Waals surface area contributed by atoms with Crippen LogP contribution in [0, 0.1) is 0 Å². The molecule has 1 aromatic heterocycles. The fraction of sp³-hybridized carbons (Fsp3) is 0.214. The monoisotopic (exact) mass is 275 g/mol. The first-order chi connectivity index (χ1) is 9.11. The van der Waals surface area contributed by atoms with Crippen LogP contribution in [0.3, 0.4) is 0 Å². The fourth-order valence-electron chi connectivity index (χ4n) is 1.80. The van der Waals surface area contributed by atoms with Crippen LogP contribution >= 0.6 is 11.3 Å². The van der Waals surface area contributed by atoms with Crippen molar-refractivity contribution in [3.63, 3.8) is 0 Å². The zero-order chi connectivity index (χ0) is 13.8. The SMILES string of the molecule is CNC(=O)c1ccc(N)c(NC(C)c2ccsc2)c1. The number of anilines is 2. The van der Waals surface area contributed by atoms with Crippen LogP contribution in [0.1, 0.15) is 28.9 Å². The quantitative estimate of drug-likeness (QED) is 0.752. The predicted molar refractivity (Wildman–Crippen MR) is 80.6 cm³/mol. The third-order valence-electron chi connectivity index (χ3n) is 2.96. The molecule has 19 heavy (non-hydrogen) atoms. The Labute approximate surface area is 116 Å². The van der Waals surface area contributed by atoms with Gasteiger partial charge in [-0.25, -0.2) is 0 Å². The van der Waals surface area contributed by atoms with Crippen molar-refractivity contribution in [2.45, 2.75) is 13.0 Å². The first-order valence-corrected chi connectivity index (χ1v) is 6.96. The van der Waals surface area contributed by atoms with Gasteiger partial charge >= 0.3 is 0 Å². The lowest BCUT2D eigenvalue weighted by atomic mass is 10.1. The molecule has 0 bridgehead atoms. The van der Waals surface area contributed by atoms with Gasteiger partial charge < -0.3 is 16.4 Å². The summed E-state index contributed by atoms with van der Waals surface area (Å²) in [6.07, 6.45) is 0. The molecule has 1 atom stereocenters. The van der Waals surface area contributed by atoms with E-state index in [-0.39, 0.29) is 11.9 Å². The molecule has 0 saturated heterocycles. The van der Waals surface area contributed by atoms with Gasteiger partial charge in [0, 0.05) is 18.7 Å². The van der Waals surface area contributed by atoms with Crippen LogP contribution in [0.2, 0.25) is 0 Å². The molecule has 4 nitrogen and oxygen atoms in total. The van der Waals surface area contributed by atoms with Crippen molar-refractivity contribution in [3.05, 3.63) is 46.2 Å². The van der Waals surface area contributed by atoms with Crippen molar-refractivity contribution in [1.82, 2.24) is 5.32 Å². The molecule has 0 fully saturated rings. The number of nitrogens with two attached hydrogens (primary N) is 1. The minimum Gasteiger partial charge on any atom is -0.397 e. The number of nitrogens with one attached hydrogen (secondary N) is 2. The van der Waals surface area contributed by atoms with Gasteiger partial charge in [-0.15, -0.1) is 0 Å². The average molecular weight is 275 g/mol. The van der Waals surface area contributed by atoms with E-state index in [4.69, 9.17) is 5.73 Å². The smallest absolute Gasteiger partial charge is 0.251 e. The molecule has 0 aliphatic heterocycles. The van der Waals surface area contributed by atoms with Crippen LogP contribution in [0.5, 0.6) is 0 Å². The van der Waals surface area contributed by atoms with Gasteiger partial charge in [0.2, 0.25) is 0 Å². The minimum atomic E-state index is -0.119. The summed E-state index contributed by atoms with van der Waals surface area (Å²) in [5.74, 6) is -0.119. The zero-order valence-corrected chi connectivity index (χ0v) is 11.8. The maximum atomic E-state index is 11.6. The number of carbonyl (C=O) groups is 1. The van der Waals surface area contributed by atoms with E-state index in [0.29, 0.717) is 11.3 Å². The van der Waals surface area contributed by atoms with E-state index in [0.717, 1.165) is 5.69 Å². The highest BCUT2D eigenvalue weighted by molar-refractivity contribution is 7.07. The van der Waals surface area contributed by atoms with Gasteiger partial charge in [-0.3, -0.25) is 4.79 Å². The number of carbonyl (C=O) groups excluding carboxylic acids is 1.